The van der Waals surface area contributed by atoms with Crippen molar-refractivity contribution >= 4 is 11.4 Å². The Labute approximate surface area is 73.0 Å². The van der Waals surface area contributed by atoms with Gasteiger partial charge in [-0.3, -0.25) is 10.1 Å². The molecule has 1 aromatic carbocycles. The van der Waals surface area contributed by atoms with Crippen molar-refractivity contribution < 1.29 is 10.0 Å². The summed E-state index contributed by atoms with van der Waals surface area (Å²) in [6.07, 6.45) is 0. The van der Waals surface area contributed by atoms with Crippen molar-refractivity contribution in [2.45, 2.75) is 0 Å². The number of aromatic hydroxyl groups is 1. The average Bonchev–Trinajstić information content (AvgIpc) is 2.07. The van der Waals surface area contributed by atoms with Gasteiger partial charge in [-0.05, 0) is 0 Å². The summed E-state index contributed by atoms with van der Waals surface area (Å²) < 4.78 is 0. The Morgan fingerprint density at radius 3 is 2.69 bits per heavy atom. The number of phenolic OH excluding ortho intramolecular Hbond substituents is 1. The molecule has 0 spiro atoms. The fraction of sp³-hybridized carbons (Fsp3) is 0. The van der Waals surface area contributed by atoms with E-state index in [0.29, 0.717) is 0 Å². The summed E-state index contributed by atoms with van der Waals surface area (Å²) in [4.78, 5) is 9.51. The van der Waals surface area contributed by atoms with Crippen LogP contribution in [0, 0.1) is 21.4 Å². The lowest BCUT2D eigenvalue weighted by Gasteiger charge is -1.99. The van der Waals surface area contributed by atoms with Crippen LogP contribution in [0.15, 0.2) is 12.1 Å². The summed E-state index contributed by atoms with van der Waals surface area (Å²) in [5, 5.41) is 27.8. The van der Waals surface area contributed by atoms with Gasteiger partial charge in [0.15, 0.2) is 5.75 Å². The molecule has 0 fully saturated rings. The largest absolute Gasteiger partial charge is 0.502 e. The van der Waals surface area contributed by atoms with Crippen LogP contribution in [0.4, 0.5) is 11.4 Å². The Kier molecular flexibility index (Phi) is 2.02. The molecule has 0 saturated carbocycles. The molecule has 6 nitrogen and oxygen atoms in total. The number of hydrogen-bond donors (Lipinski definition) is 2. The number of hydrogen-bond acceptors (Lipinski definition) is 5. The van der Waals surface area contributed by atoms with Crippen molar-refractivity contribution in [1.29, 1.82) is 5.26 Å². The maximum atomic E-state index is 10.3. The molecule has 0 saturated heterocycles. The van der Waals surface area contributed by atoms with Gasteiger partial charge in [0.2, 0.25) is 0 Å². The molecular formula is C7H5N3O3. The van der Waals surface area contributed by atoms with Crippen LogP contribution < -0.4 is 5.73 Å². The fourth-order valence-corrected chi connectivity index (χ4v) is 0.836. The minimum Gasteiger partial charge on any atom is -0.502 e. The molecule has 0 bridgehead atoms. The lowest BCUT2D eigenvalue weighted by molar-refractivity contribution is -0.385. The second-order valence-corrected chi connectivity index (χ2v) is 2.30. The zero-order chi connectivity index (χ0) is 10.0. The van der Waals surface area contributed by atoms with Gasteiger partial charge in [-0.25, -0.2) is 0 Å². The molecule has 1 rings (SSSR count). The number of rotatable bonds is 1. The molecule has 13 heavy (non-hydrogen) atoms. The van der Waals surface area contributed by atoms with E-state index in [-0.39, 0.29) is 11.3 Å². The molecule has 3 N–H and O–H groups in total. The monoisotopic (exact) mass is 179 g/mol. The van der Waals surface area contributed by atoms with E-state index >= 15 is 0 Å². The molecule has 0 aliphatic heterocycles. The lowest BCUT2D eigenvalue weighted by atomic mass is 10.1. The van der Waals surface area contributed by atoms with E-state index < -0.39 is 16.4 Å². The minimum atomic E-state index is -0.771. The van der Waals surface area contributed by atoms with Crippen LogP contribution in [0.1, 0.15) is 5.56 Å². The van der Waals surface area contributed by atoms with Crippen molar-refractivity contribution in [1.82, 2.24) is 0 Å². The van der Waals surface area contributed by atoms with Crippen LogP contribution in [-0.4, -0.2) is 10.0 Å². The first-order valence-corrected chi connectivity index (χ1v) is 3.23. The average molecular weight is 179 g/mol. The molecule has 1 aromatic rings. The molecule has 0 unspecified atom stereocenters. The summed E-state index contributed by atoms with van der Waals surface area (Å²) in [5.41, 5.74) is 4.79. The van der Waals surface area contributed by atoms with Crippen LogP contribution >= 0.6 is 0 Å². The molecular weight excluding hydrogens is 174 g/mol. The zero-order valence-electron chi connectivity index (χ0n) is 6.39. The second-order valence-electron chi connectivity index (χ2n) is 2.30. The number of nitro benzene ring substituents is 1. The maximum absolute atomic E-state index is 10.3. The molecule has 0 amide bonds. The number of nitrogens with zero attached hydrogens (tertiary/aromatic N) is 2. The smallest absolute Gasteiger partial charge is 0.312 e. The predicted octanol–water partition coefficient (Wildman–Crippen LogP) is 0.754. The molecule has 6 heteroatoms. The van der Waals surface area contributed by atoms with Crippen LogP contribution in [0.25, 0.3) is 0 Å². The van der Waals surface area contributed by atoms with E-state index in [0.717, 1.165) is 12.1 Å². The number of benzene rings is 1. The quantitative estimate of drug-likeness (QED) is 0.286. The first-order valence-electron chi connectivity index (χ1n) is 3.23. The van der Waals surface area contributed by atoms with E-state index in [1.165, 1.54) is 0 Å². The first-order chi connectivity index (χ1) is 6.06. The Morgan fingerprint density at radius 1 is 1.62 bits per heavy atom. The fourth-order valence-electron chi connectivity index (χ4n) is 0.836. The van der Waals surface area contributed by atoms with Crippen LogP contribution in [0.2, 0.25) is 0 Å². The Morgan fingerprint density at radius 2 is 2.23 bits per heavy atom. The van der Waals surface area contributed by atoms with Crippen molar-refractivity contribution in [2.75, 3.05) is 5.73 Å². The van der Waals surface area contributed by atoms with E-state index in [1.54, 1.807) is 6.07 Å². The molecule has 0 aliphatic rings. The summed E-state index contributed by atoms with van der Waals surface area (Å²) in [6, 6.07) is 3.61. The van der Waals surface area contributed by atoms with Gasteiger partial charge in [-0.2, -0.15) is 5.26 Å². The van der Waals surface area contributed by atoms with E-state index in [1.807, 2.05) is 0 Å². The third-order valence-corrected chi connectivity index (χ3v) is 1.46. The van der Waals surface area contributed by atoms with Crippen LogP contribution in [0.3, 0.4) is 0 Å². The Hall–Kier alpha value is -2.29. The van der Waals surface area contributed by atoms with Crippen LogP contribution in [-0.2, 0) is 0 Å². The zero-order valence-corrected chi connectivity index (χ0v) is 6.39. The molecule has 0 aliphatic carbocycles. The SMILES string of the molecule is N#Cc1cc(O)c([N+](=O)[O-])cc1N. The molecule has 0 radical (unpaired) electrons. The topological polar surface area (TPSA) is 113 Å². The van der Waals surface area contributed by atoms with Gasteiger partial charge in [0, 0.05) is 12.1 Å². The third-order valence-electron chi connectivity index (χ3n) is 1.46. The summed E-state index contributed by atoms with van der Waals surface area (Å²) in [7, 11) is 0. The number of phenols is 1. The van der Waals surface area contributed by atoms with Crippen molar-refractivity contribution in [2.24, 2.45) is 0 Å². The molecule has 0 aromatic heterocycles. The standard InChI is InChI=1S/C7H5N3O3/c8-3-4-1-7(11)6(10(12)13)2-5(4)9/h1-2,11H,9H2. The lowest BCUT2D eigenvalue weighted by Crippen LogP contribution is -1.94. The van der Waals surface area contributed by atoms with Gasteiger partial charge in [0.25, 0.3) is 0 Å². The predicted molar refractivity (Wildman–Crippen MR) is 43.9 cm³/mol. The number of nitriles is 1. The van der Waals surface area contributed by atoms with E-state index in [2.05, 4.69) is 0 Å². The number of nitrogens with two attached hydrogens (primary N) is 1. The van der Waals surface area contributed by atoms with Crippen molar-refractivity contribution in [3.8, 4) is 11.8 Å². The maximum Gasteiger partial charge on any atom is 0.312 e. The highest BCUT2D eigenvalue weighted by molar-refractivity contribution is 5.64. The van der Waals surface area contributed by atoms with E-state index in [4.69, 9.17) is 16.1 Å². The highest BCUT2D eigenvalue weighted by atomic mass is 16.6. The molecule has 66 valence electrons. The number of nitro groups is 1. The van der Waals surface area contributed by atoms with Crippen LogP contribution in [0.5, 0.6) is 5.75 Å². The Balaban J connectivity index is 3.39. The molecule has 0 heterocycles. The van der Waals surface area contributed by atoms with Gasteiger partial charge >= 0.3 is 5.69 Å². The van der Waals surface area contributed by atoms with Crippen molar-refractivity contribution in [3.63, 3.8) is 0 Å². The number of anilines is 1. The Bertz CT molecular complexity index is 408. The van der Waals surface area contributed by atoms with Gasteiger partial charge in [0.1, 0.15) is 6.07 Å². The normalized spacial score (nSPS) is 9.15. The molecule has 0 atom stereocenters. The first kappa shape index (κ1) is 8.80. The highest BCUT2D eigenvalue weighted by Gasteiger charge is 2.15. The van der Waals surface area contributed by atoms with Gasteiger partial charge in [-0.15, -0.1) is 0 Å². The second kappa shape index (κ2) is 2.98. The van der Waals surface area contributed by atoms with Gasteiger partial charge < -0.3 is 10.8 Å². The summed E-state index contributed by atoms with van der Waals surface area (Å²) >= 11 is 0. The third kappa shape index (κ3) is 1.49. The minimum absolute atomic E-state index is 0.0168. The van der Waals surface area contributed by atoms with Gasteiger partial charge in [0.05, 0.1) is 16.2 Å². The van der Waals surface area contributed by atoms with E-state index in [9.17, 15) is 10.1 Å². The van der Waals surface area contributed by atoms with Crippen molar-refractivity contribution in [3.05, 3.63) is 27.8 Å². The summed E-state index contributed by atoms with van der Waals surface area (Å²) in [5.74, 6) is -0.559. The number of nitrogen functional groups attached to an aromatic ring is 1. The summed E-state index contributed by atoms with van der Waals surface area (Å²) in [6.45, 7) is 0. The van der Waals surface area contributed by atoms with Gasteiger partial charge in [-0.1, -0.05) is 0 Å². The highest BCUT2D eigenvalue weighted by Crippen LogP contribution is 2.29.